The lowest BCUT2D eigenvalue weighted by atomic mass is 10.00. The van der Waals surface area contributed by atoms with Crippen molar-refractivity contribution in [1.82, 2.24) is 10.1 Å². The number of methoxy groups -OCH3 is 1. The first-order valence-electron chi connectivity index (χ1n) is 10.2. The zero-order valence-corrected chi connectivity index (χ0v) is 17.5. The molecule has 0 radical (unpaired) electrons. The smallest absolute Gasteiger partial charge is 0.338 e. The maximum Gasteiger partial charge on any atom is 0.338 e. The lowest BCUT2D eigenvalue weighted by Crippen LogP contribution is -2.38. The van der Waals surface area contributed by atoms with Crippen LogP contribution in [-0.2, 0) is 11.3 Å². The largest absolute Gasteiger partial charge is 0.478 e. The zero-order valence-electron chi connectivity index (χ0n) is 17.5. The summed E-state index contributed by atoms with van der Waals surface area (Å²) in [5, 5.41) is 12.9. The standard InChI is InChI=1S/C23H24FN3O4/c1-14-5-3-4-10-27(14)20-9-7-16(11-17(20)13-30-2)22-25-21(26-31-22)15-6-8-18(23(28)29)19(24)12-15/h6-9,11-12,14H,3-5,10,13H2,1-2H3,(H,28,29). The molecule has 0 aliphatic carbocycles. The van der Waals surface area contributed by atoms with Crippen molar-refractivity contribution in [2.45, 2.75) is 38.8 Å². The van der Waals surface area contributed by atoms with Crippen molar-refractivity contribution in [2.24, 2.45) is 0 Å². The van der Waals surface area contributed by atoms with Gasteiger partial charge in [-0.3, -0.25) is 0 Å². The van der Waals surface area contributed by atoms with E-state index in [0.717, 1.165) is 29.4 Å². The van der Waals surface area contributed by atoms with Crippen molar-refractivity contribution in [3.8, 4) is 22.8 Å². The summed E-state index contributed by atoms with van der Waals surface area (Å²) in [6.45, 7) is 3.71. The number of hydrogen-bond donors (Lipinski definition) is 1. The van der Waals surface area contributed by atoms with Gasteiger partial charge < -0.3 is 19.3 Å². The highest BCUT2D eigenvalue weighted by atomic mass is 19.1. The molecule has 1 fully saturated rings. The molecule has 3 aromatic rings. The summed E-state index contributed by atoms with van der Waals surface area (Å²) in [4.78, 5) is 17.8. The summed E-state index contributed by atoms with van der Waals surface area (Å²) in [5.74, 6) is -1.69. The molecule has 0 saturated carbocycles. The molecule has 1 aromatic heterocycles. The molecule has 1 saturated heterocycles. The molecule has 2 heterocycles. The van der Waals surface area contributed by atoms with Crippen molar-refractivity contribution < 1.29 is 23.6 Å². The molecule has 1 N–H and O–H groups in total. The fourth-order valence-corrected chi connectivity index (χ4v) is 4.01. The zero-order chi connectivity index (χ0) is 22.0. The summed E-state index contributed by atoms with van der Waals surface area (Å²) in [6.07, 6.45) is 3.58. The van der Waals surface area contributed by atoms with Gasteiger partial charge in [-0.2, -0.15) is 4.98 Å². The Morgan fingerprint density at radius 1 is 1.26 bits per heavy atom. The number of ether oxygens (including phenoxy) is 1. The normalized spacial score (nSPS) is 16.5. The van der Waals surface area contributed by atoms with E-state index in [9.17, 15) is 9.18 Å². The van der Waals surface area contributed by atoms with Crippen LogP contribution in [0.1, 0.15) is 42.1 Å². The highest BCUT2D eigenvalue weighted by Gasteiger charge is 2.22. The molecular weight excluding hydrogens is 401 g/mol. The minimum absolute atomic E-state index is 0.188. The Morgan fingerprint density at radius 2 is 2.06 bits per heavy atom. The van der Waals surface area contributed by atoms with Crippen LogP contribution in [0, 0.1) is 5.82 Å². The van der Waals surface area contributed by atoms with Gasteiger partial charge in [0, 0.05) is 42.1 Å². The van der Waals surface area contributed by atoms with E-state index in [1.54, 1.807) is 7.11 Å². The SMILES string of the molecule is COCc1cc(-c2nc(-c3ccc(C(=O)O)c(F)c3)no2)ccc1N1CCCCC1C. The number of carbonyl (C=O) groups is 1. The van der Waals surface area contributed by atoms with Gasteiger partial charge in [-0.1, -0.05) is 5.16 Å². The second-order valence-electron chi connectivity index (χ2n) is 7.74. The van der Waals surface area contributed by atoms with Crippen LogP contribution in [0.5, 0.6) is 0 Å². The number of halogens is 1. The van der Waals surface area contributed by atoms with Gasteiger partial charge in [-0.25, -0.2) is 9.18 Å². The number of aromatic nitrogens is 2. The molecule has 0 amide bonds. The van der Waals surface area contributed by atoms with Crippen molar-refractivity contribution in [3.05, 3.63) is 53.3 Å². The van der Waals surface area contributed by atoms with Crippen LogP contribution >= 0.6 is 0 Å². The van der Waals surface area contributed by atoms with Crippen LogP contribution < -0.4 is 4.90 Å². The van der Waals surface area contributed by atoms with Crippen LogP contribution in [0.25, 0.3) is 22.8 Å². The maximum absolute atomic E-state index is 14.0. The lowest BCUT2D eigenvalue weighted by molar-refractivity contribution is 0.0692. The monoisotopic (exact) mass is 425 g/mol. The predicted octanol–water partition coefficient (Wildman–Crippen LogP) is 4.77. The van der Waals surface area contributed by atoms with Crippen LogP contribution in [0.2, 0.25) is 0 Å². The number of nitrogens with zero attached hydrogens (tertiary/aromatic N) is 3. The average molecular weight is 425 g/mol. The van der Waals surface area contributed by atoms with Gasteiger partial charge in [-0.15, -0.1) is 0 Å². The highest BCUT2D eigenvalue weighted by molar-refractivity contribution is 5.88. The summed E-state index contributed by atoms with van der Waals surface area (Å²) in [5.41, 5.74) is 2.85. The van der Waals surface area contributed by atoms with E-state index in [2.05, 4.69) is 28.0 Å². The van der Waals surface area contributed by atoms with E-state index in [1.165, 1.54) is 31.4 Å². The van der Waals surface area contributed by atoms with Gasteiger partial charge in [0.15, 0.2) is 0 Å². The van der Waals surface area contributed by atoms with Crippen molar-refractivity contribution in [2.75, 3.05) is 18.6 Å². The Balaban J connectivity index is 1.64. The first-order valence-corrected chi connectivity index (χ1v) is 10.2. The number of hydrogen-bond acceptors (Lipinski definition) is 6. The molecule has 31 heavy (non-hydrogen) atoms. The second-order valence-corrected chi connectivity index (χ2v) is 7.74. The number of aromatic carboxylic acids is 1. The third-order valence-electron chi connectivity index (χ3n) is 5.62. The van der Waals surface area contributed by atoms with Crippen LogP contribution in [0.15, 0.2) is 40.9 Å². The fraction of sp³-hybridized carbons (Fsp3) is 0.348. The lowest BCUT2D eigenvalue weighted by Gasteiger charge is -2.36. The molecule has 2 aromatic carbocycles. The van der Waals surface area contributed by atoms with Gasteiger partial charge >= 0.3 is 5.97 Å². The Labute approximate surface area is 179 Å². The third-order valence-corrected chi connectivity index (χ3v) is 5.62. The van der Waals surface area contributed by atoms with E-state index in [-0.39, 0.29) is 5.82 Å². The van der Waals surface area contributed by atoms with Crippen molar-refractivity contribution >= 4 is 11.7 Å². The van der Waals surface area contributed by atoms with Gasteiger partial charge in [0.05, 0.1) is 12.2 Å². The minimum Gasteiger partial charge on any atom is -0.478 e. The van der Waals surface area contributed by atoms with Crippen LogP contribution in [-0.4, -0.2) is 40.9 Å². The quantitative estimate of drug-likeness (QED) is 0.609. The topological polar surface area (TPSA) is 88.7 Å². The first kappa shape index (κ1) is 21.0. The van der Waals surface area contributed by atoms with Crippen LogP contribution in [0.3, 0.4) is 0 Å². The third kappa shape index (κ3) is 4.29. The molecule has 1 aliphatic heterocycles. The first-order chi connectivity index (χ1) is 15.0. The summed E-state index contributed by atoms with van der Waals surface area (Å²) in [6, 6.07) is 10.2. The van der Waals surface area contributed by atoms with Gasteiger partial charge in [0.1, 0.15) is 5.82 Å². The fourth-order valence-electron chi connectivity index (χ4n) is 4.01. The molecule has 8 heteroatoms. The Kier molecular flexibility index (Phi) is 5.99. The van der Waals surface area contributed by atoms with Gasteiger partial charge in [0.25, 0.3) is 5.89 Å². The predicted molar refractivity (Wildman–Crippen MR) is 113 cm³/mol. The number of benzene rings is 2. The minimum atomic E-state index is -1.33. The van der Waals surface area contributed by atoms with E-state index < -0.39 is 17.3 Å². The van der Waals surface area contributed by atoms with Gasteiger partial charge in [0.2, 0.25) is 5.82 Å². The highest BCUT2D eigenvalue weighted by Crippen LogP contribution is 2.32. The number of carboxylic acids is 1. The molecule has 1 atom stereocenters. The molecule has 162 valence electrons. The summed E-state index contributed by atoms with van der Waals surface area (Å²) in [7, 11) is 1.66. The molecule has 1 unspecified atom stereocenters. The number of rotatable bonds is 6. The summed E-state index contributed by atoms with van der Waals surface area (Å²) < 4.78 is 24.8. The van der Waals surface area contributed by atoms with Crippen molar-refractivity contribution in [3.63, 3.8) is 0 Å². The maximum atomic E-state index is 14.0. The molecule has 0 spiro atoms. The summed E-state index contributed by atoms with van der Waals surface area (Å²) >= 11 is 0. The Morgan fingerprint density at radius 3 is 2.77 bits per heavy atom. The van der Waals surface area contributed by atoms with Gasteiger partial charge in [-0.05, 0) is 62.6 Å². The number of piperidine rings is 1. The number of anilines is 1. The molecule has 0 bridgehead atoms. The average Bonchev–Trinajstić information content (AvgIpc) is 3.24. The van der Waals surface area contributed by atoms with E-state index in [4.69, 9.17) is 14.4 Å². The molecule has 7 nitrogen and oxygen atoms in total. The molecule has 4 rings (SSSR count). The molecular formula is C23H24FN3O4. The van der Waals surface area contributed by atoms with Crippen molar-refractivity contribution in [1.29, 1.82) is 0 Å². The van der Waals surface area contributed by atoms with E-state index in [0.29, 0.717) is 24.1 Å². The van der Waals surface area contributed by atoms with E-state index >= 15 is 0 Å². The Hall–Kier alpha value is -3.26. The van der Waals surface area contributed by atoms with Crippen LogP contribution in [0.4, 0.5) is 10.1 Å². The Bertz CT molecular complexity index is 1100. The molecule has 1 aliphatic rings. The van der Waals surface area contributed by atoms with E-state index in [1.807, 2.05) is 12.1 Å². The second kappa shape index (κ2) is 8.85. The number of carboxylic acid groups (broad SMARTS) is 1.